The number of rotatable bonds is 4. The molecule has 2 aromatic carbocycles. The van der Waals surface area contributed by atoms with Gasteiger partial charge in [0.2, 0.25) is 5.91 Å². The van der Waals surface area contributed by atoms with Crippen LogP contribution in [0.3, 0.4) is 0 Å². The summed E-state index contributed by atoms with van der Waals surface area (Å²) in [6, 6.07) is 15.5. The Labute approximate surface area is 174 Å². The monoisotopic (exact) mass is 411 g/mol. The molecule has 1 N–H and O–H groups in total. The number of hydrogen-bond acceptors (Lipinski definition) is 4. The molecule has 3 amide bonds. The van der Waals surface area contributed by atoms with Gasteiger partial charge in [-0.1, -0.05) is 29.8 Å². The van der Waals surface area contributed by atoms with E-state index in [-0.39, 0.29) is 30.2 Å². The lowest BCUT2D eigenvalue weighted by molar-refractivity contribution is -0.121. The van der Waals surface area contributed by atoms with Gasteiger partial charge in [-0.3, -0.25) is 14.4 Å². The Balaban J connectivity index is 1.34. The third-order valence-corrected chi connectivity index (χ3v) is 5.72. The fourth-order valence-corrected chi connectivity index (χ4v) is 4.05. The Morgan fingerprint density at radius 3 is 2.28 bits per heavy atom. The Hall–Kier alpha value is -2.70. The number of halogens is 1. The van der Waals surface area contributed by atoms with Gasteiger partial charge in [-0.05, 0) is 49.2 Å². The lowest BCUT2D eigenvalue weighted by atomic mass is 10.0. The van der Waals surface area contributed by atoms with Gasteiger partial charge in [-0.2, -0.15) is 0 Å². The van der Waals surface area contributed by atoms with Crippen LogP contribution in [0.1, 0.15) is 29.6 Å². The van der Waals surface area contributed by atoms with E-state index < -0.39 is 6.04 Å². The van der Waals surface area contributed by atoms with E-state index in [1.54, 1.807) is 24.3 Å². The number of nitrogens with zero attached hydrogens (tertiary/aromatic N) is 2. The molecule has 2 aromatic rings. The molecule has 2 saturated heterocycles. The first kappa shape index (κ1) is 19.6. The fourth-order valence-electron chi connectivity index (χ4n) is 3.92. The summed E-state index contributed by atoms with van der Waals surface area (Å²) in [5, 5.41) is 3.89. The van der Waals surface area contributed by atoms with Crippen molar-refractivity contribution in [2.45, 2.75) is 31.3 Å². The highest BCUT2D eigenvalue weighted by molar-refractivity contribution is 6.30. The first-order valence-corrected chi connectivity index (χ1v) is 10.1. The van der Waals surface area contributed by atoms with Crippen LogP contribution in [0.15, 0.2) is 54.6 Å². The molecule has 2 aliphatic heterocycles. The summed E-state index contributed by atoms with van der Waals surface area (Å²) in [4.78, 5) is 40.8. The van der Waals surface area contributed by atoms with Gasteiger partial charge in [-0.25, -0.2) is 4.90 Å². The van der Waals surface area contributed by atoms with Crippen LogP contribution in [0.25, 0.3) is 0 Å². The van der Waals surface area contributed by atoms with Gasteiger partial charge in [-0.15, -0.1) is 0 Å². The molecular formula is C22H22ClN3O3. The molecule has 0 radical (unpaired) electrons. The Morgan fingerprint density at radius 2 is 1.62 bits per heavy atom. The van der Waals surface area contributed by atoms with Crippen molar-refractivity contribution in [3.8, 4) is 0 Å². The molecule has 2 fully saturated rings. The van der Waals surface area contributed by atoms with E-state index in [4.69, 9.17) is 11.6 Å². The molecule has 7 heteroatoms. The largest absolute Gasteiger partial charge is 0.339 e. The minimum Gasteiger partial charge on any atom is -0.339 e. The lowest BCUT2D eigenvalue weighted by Crippen LogP contribution is -2.49. The van der Waals surface area contributed by atoms with Gasteiger partial charge in [0, 0.05) is 29.7 Å². The van der Waals surface area contributed by atoms with Crippen LogP contribution < -0.4 is 10.2 Å². The van der Waals surface area contributed by atoms with Gasteiger partial charge >= 0.3 is 0 Å². The SMILES string of the molecule is O=C(c1ccccc1)N1CCC(NC2CC(=O)N(c3ccc(Cl)cc3)C2=O)CC1. The first-order chi connectivity index (χ1) is 14.0. The molecule has 4 rings (SSSR count). The van der Waals surface area contributed by atoms with E-state index >= 15 is 0 Å². The number of benzene rings is 2. The molecule has 0 spiro atoms. The quantitative estimate of drug-likeness (QED) is 0.785. The van der Waals surface area contributed by atoms with Crippen LogP contribution in [0.5, 0.6) is 0 Å². The maximum Gasteiger partial charge on any atom is 0.253 e. The normalized spacial score (nSPS) is 20.4. The van der Waals surface area contributed by atoms with Crippen LogP contribution in [-0.4, -0.2) is 47.8 Å². The molecule has 0 bridgehead atoms. The number of piperidine rings is 1. The van der Waals surface area contributed by atoms with Gasteiger partial charge in [0.1, 0.15) is 0 Å². The zero-order valence-electron chi connectivity index (χ0n) is 15.9. The molecule has 2 aliphatic rings. The van der Waals surface area contributed by atoms with Gasteiger partial charge in [0.25, 0.3) is 11.8 Å². The zero-order valence-corrected chi connectivity index (χ0v) is 16.6. The summed E-state index contributed by atoms with van der Waals surface area (Å²) < 4.78 is 0. The summed E-state index contributed by atoms with van der Waals surface area (Å²) >= 11 is 5.89. The summed E-state index contributed by atoms with van der Waals surface area (Å²) in [5.74, 6) is -0.420. The van der Waals surface area contributed by atoms with Crippen molar-refractivity contribution in [3.63, 3.8) is 0 Å². The number of anilines is 1. The zero-order chi connectivity index (χ0) is 20.4. The third kappa shape index (κ3) is 4.18. The minimum absolute atomic E-state index is 0.0325. The number of carbonyl (C=O) groups is 3. The summed E-state index contributed by atoms with van der Waals surface area (Å²) in [6.07, 6.45) is 1.64. The molecule has 150 valence electrons. The Morgan fingerprint density at radius 1 is 0.966 bits per heavy atom. The van der Waals surface area contributed by atoms with Crippen molar-refractivity contribution >= 4 is 35.0 Å². The highest BCUT2D eigenvalue weighted by Gasteiger charge is 2.40. The van der Waals surface area contributed by atoms with Gasteiger partial charge < -0.3 is 10.2 Å². The predicted molar refractivity (Wildman–Crippen MR) is 111 cm³/mol. The van der Waals surface area contributed by atoms with Crippen LogP contribution in [-0.2, 0) is 9.59 Å². The first-order valence-electron chi connectivity index (χ1n) is 9.75. The highest BCUT2D eigenvalue weighted by Crippen LogP contribution is 2.25. The number of nitrogens with one attached hydrogen (secondary N) is 1. The maximum atomic E-state index is 12.8. The Kier molecular flexibility index (Phi) is 5.65. The van der Waals surface area contributed by atoms with E-state index in [9.17, 15) is 14.4 Å². The van der Waals surface area contributed by atoms with Crippen LogP contribution in [0.2, 0.25) is 5.02 Å². The van der Waals surface area contributed by atoms with Crippen molar-refractivity contribution in [2.24, 2.45) is 0 Å². The van der Waals surface area contributed by atoms with Crippen molar-refractivity contribution < 1.29 is 14.4 Å². The van der Waals surface area contributed by atoms with Gasteiger partial charge in [0.05, 0.1) is 18.2 Å². The number of amides is 3. The smallest absolute Gasteiger partial charge is 0.253 e. The topological polar surface area (TPSA) is 69.7 Å². The average Bonchev–Trinajstić information content (AvgIpc) is 3.02. The third-order valence-electron chi connectivity index (χ3n) is 5.47. The summed E-state index contributed by atoms with van der Waals surface area (Å²) in [7, 11) is 0. The second-order valence-electron chi connectivity index (χ2n) is 7.40. The molecule has 1 unspecified atom stereocenters. The summed E-state index contributed by atoms with van der Waals surface area (Å²) in [5.41, 5.74) is 1.23. The van der Waals surface area contributed by atoms with Crippen LogP contribution in [0, 0.1) is 0 Å². The predicted octanol–water partition coefficient (Wildman–Crippen LogP) is 2.87. The maximum absolute atomic E-state index is 12.8. The molecule has 0 aliphatic carbocycles. The van der Waals surface area contributed by atoms with Crippen molar-refractivity contribution in [3.05, 3.63) is 65.2 Å². The van der Waals surface area contributed by atoms with Crippen molar-refractivity contribution in [2.75, 3.05) is 18.0 Å². The van der Waals surface area contributed by atoms with E-state index in [0.29, 0.717) is 29.4 Å². The lowest BCUT2D eigenvalue weighted by Gasteiger charge is -2.33. The number of imide groups is 1. The number of carbonyl (C=O) groups excluding carboxylic acids is 3. The molecule has 29 heavy (non-hydrogen) atoms. The number of hydrogen-bond donors (Lipinski definition) is 1. The molecule has 6 nitrogen and oxygen atoms in total. The van der Waals surface area contributed by atoms with Gasteiger partial charge in [0.15, 0.2) is 0 Å². The Bertz CT molecular complexity index is 909. The second kappa shape index (κ2) is 8.35. The standard InChI is InChI=1S/C22H22ClN3O3/c23-16-6-8-18(9-7-16)26-20(27)14-19(22(26)29)24-17-10-12-25(13-11-17)21(28)15-4-2-1-3-5-15/h1-9,17,19,24H,10-14H2. The van der Waals surface area contributed by atoms with E-state index in [0.717, 1.165) is 12.8 Å². The van der Waals surface area contributed by atoms with E-state index in [1.807, 2.05) is 35.2 Å². The average molecular weight is 412 g/mol. The molecule has 1 atom stereocenters. The van der Waals surface area contributed by atoms with Crippen LogP contribution >= 0.6 is 11.6 Å². The fraction of sp³-hybridized carbons (Fsp3) is 0.318. The second-order valence-corrected chi connectivity index (χ2v) is 7.84. The number of likely N-dealkylation sites (tertiary alicyclic amines) is 1. The minimum atomic E-state index is -0.528. The summed E-state index contributed by atoms with van der Waals surface area (Å²) in [6.45, 7) is 1.25. The molecule has 2 heterocycles. The van der Waals surface area contributed by atoms with Crippen LogP contribution in [0.4, 0.5) is 5.69 Å². The van der Waals surface area contributed by atoms with E-state index in [2.05, 4.69) is 5.32 Å². The van der Waals surface area contributed by atoms with Crippen molar-refractivity contribution in [1.29, 1.82) is 0 Å². The molecule has 0 aromatic heterocycles. The highest BCUT2D eigenvalue weighted by atomic mass is 35.5. The molecular weight excluding hydrogens is 390 g/mol. The van der Waals surface area contributed by atoms with Crippen molar-refractivity contribution in [1.82, 2.24) is 10.2 Å². The van der Waals surface area contributed by atoms with E-state index in [1.165, 1.54) is 4.90 Å². The molecule has 0 saturated carbocycles.